The number of unbranched alkanes of at least 4 members (excludes halogenated alkanes) is 2. The van der Waals surface area contributed by atoms with Gasteiger partial charge in [-0.3, -0.25) is 72.1 Å². The Kier molecular flexibility index (Phi) is 45.8. The average Bonchev–Trinajstić information content (AvgIpc) is 1.55. The molecule has 8 rings (SSSR count). The lowest BCUT2D eigenvalue weighted by Crippen LogP contribution is -2.61. The molecule has 5 aliphatic heterocycles. The minimum absolute atomic E-state index is 0.00100. The van der Waals surface area contributed by atoms with E-state index in [1.807, 2.05) is 0 Å². The van der Waals surface area contributed by atoms with Crippen molar-refractivity contribution in [2.24, 2.45) is 16.2 Å². The molecule has 0 saturated carbocycles. The number of aliphatic hydroxyl groups excluding tert-OH is 9. The summed E-state index contributed by atoms with van der Waals surface area (Å²) in [6.07, 6.45) is -22.0. The Morgan fingerprint density at radius 3 is 0.993 bits per heavy atom. The average molecular weight is 2020 g/mol. The Hall–Kier alpha value is -12.4. The largest absolute Gasteiger partial charge is 0.479 e. The molecule has 50 nitrogen and oxygen atoms in total. The minimum atomic E-state index is -3.49. The molecule has 0 aromatic heterocycles. The molecule has 0 radical (unpaired) electrons. The van der Waals surface area contributed by atoms with Gasteiger partial charge in [-0.25, -0.2) is 27.5 Å². The van der Waals surface area contributed by atoms with E-state index in [2.05, 4.69) is 43.2 Å². The highest BCUT2D eigenvalue weighted by Gasteiger charge is 2.51. The lowest BCUT2D eigenvalue weighted by molar-refractivity contribution is -0.271. The van der Waals surface area contributed by atoms with Gasteiger partial charge < -0.3 is 145 Å². The molecular formula is C90H123N9O41S. The highest BCUT2D eigenvalue weighted by atomic mass is 32.2. The molecule has 10 amide bonds. The molecule has 5 aliphatic rings. The summed E-state index contributed by atoms with van der Waals surface area (Å²) in [6, 6.07) is 12.7. The van der Waals surface area contributed by atoms with Crippen molar-refractivity contribution in [2.75, 3.05) is 81.6 Å². The highest BCUT2D eigenvalue weighted by Crippen LogP contribution is 2.36. The number of esters is 3. The zero-order valence-corrected chi connectivity index (χ0v) is 79.5. The molecule has 5 heterocycles. The van der Waals surface area contributed by atoms with Crippen molar-refractivity contribution >= 4 is 122 Å². The van der Waals surface area contributed by atoms with Crippen molar-refractivity contribution in [3.8, 4) is 17.2 Å². The zero-order valence-electron chi connectivity index (χ0n) is 78.7. The second-order valence-corrected chi connectivity index (χ2v) is 37.0. The molecule has 141 heavy (non-hydrogen) atoms. The summed E-state index contributed by atoms with van der Waals surface area (Å²) in [5, 5.41) is 136. The number of carboxylic acid groups (broad SMARTS) is 3. The van der Waals surface area contributed by atoms with E-state index >= 15 is 0 Å². The predicted octanol–water partition coefficient (Wildman–Crippen LogP) is -1.85. The van der Waals surface area contributed by atoms with Gasteiger partial charge in [-0.15, -0.1) is 0 Å². The van der Waals surface area contributed by atoms with Crippen molar-refractivity contribution in [1.29, 1.82) is 0 Å². The maximum absolute atomic E-state index is 12.8. The van der Waals surface area contributed by atoms with Crippen LogP contribution in [0.1, 0.15) is 143 Å². The van der Waals surface area contributed by atoms with Crippen LogP contribution in [-0.4, -0.2) is 332 Å². The number of nitrogens with zero attached hydrogens (tertiary/aromatic N) is 2. The summed E-state index contributed by atoms with van der Waals surface area (Å²) in [6.45, 7) is 18.7. The number of carbonyl (C=O) groups is 16. The lowest BCUT2D eigenvalue weighted by atomic mass is 9.97. The normalized spacial score (nSPS) is 22.2. The SMILES string of the molecule is C=CS(=O)(=O)NCCCCCC(=O)NCCC(=O)Nc1cc(COC(=O)C(C)(C)C)ccc1O[C@@H]1O[C@H](C(=O)O)[C@@H](O)[C@H](O)[C@H]1O.CC(C)(C)C(=O)OCc1ccc(O[C@@H]2O[C@H](C(=O)O)[C@@H](O)[C@H](O)[C@H]2O)c(NC(=O)CCNC(=O)CCCN2C(=O)C=CC2=O)c1.CC(C)(C)C(=O)OCc1ccc(O[C@@H]2O[C@H](C(=O)O)[C@@H](O)[C@H](O)[C@H]2O)c(NC(=O)CCNC(=O)CCOCCOCCN2C(=O)C=CC2=O)c1. The number of ether oxygens (including phenoxy) is 11. The van der Waals surface area contributed by atoms with Gasteiger partial charge in [0.25, 0.3) is 23.6 Å². The molecule has 3 aromatic carbocycles. The van der Waals surface area contributed by atoms with E-state index in [-0.39, 0.29) is 177 Å². The Balaban J connectivity index is 0.000000324. The van der Waals surface area contributed by atoms with E-state index in [9.17, 15) is 146 Å². The molecule has 0 unspecified atom stereocenters. The summed E-state index contributed by atoms with van der Waals surface area (Å²) < 4.78 is 84.0. The Labute approximate surface area is 808 Å². The summed E-state index contributed by atoms with van der Waals surface area (Å²) in [7, 11) is -3.49. The smallest absolute Gasteiger partial charge is 0.335 e. The van der Waals surface area contributed by atoms with E-state index in [0.717, 1.165) is 27.4 Å². The number of amides is 10. The molecule has 19 N–H and O–H groups in total. The van der Waals surface area contributed by atoms with Crippen LogP contribution in [-0.2, 0) is 144 Å². The number of hydrogen-bond donors (Lipinski definition) is 19. The third kappa shape index (κ3) is 38.2. The van der Waals surface area contributed by atoms with Gasteiger partial charge in [-0.05, 0) is 135 Å². The van der Waals surface area contributed by atoms with Gasteiger partial charge in [-0.1, -0.05) is 31.2 Å². The molecule has 0 aliphatic carbocycles. The first-order chi connectivity index (χ1) is 66.1. The summed E-state index contributed by atoms with van der Waals surface area (Å²) in [5.41, 5.74) is -0.968. The monoisotopic (exact) mass is 2020 g/mol. The number of anilines is 3. The van der Waals surface area contributed by atoms with Gasteiger partial charge in [0.1, 0.15) is 92.0 Å². The Morgan fingerprint density at radius 2 is 0.681 bits per heavy atom. The summed E-state index contributed by atoms with van der Waals surface area (Å²) >= 11 is 0. The third-order valence-corrected chi connectivity index (χ3v) is 21.6. The number of carboxylic acids is 3. The predicted molar refractivity (Wildman–Crippen MR) is 483 cm³/mol. The van der Waals surface area contributed by atoms with Crippen molar-refractivity contribution in [1.82, 2.24) is 30.5 Å². The highest BCUT2D eigenvalue weighted by molar-refractivity contribution is 7.92. The maximum atomic E-state index is 12.8. The molecule has 780 valence electrons. The molecule has 0 spiro atoms. The minimum Gasteiger partial charge on any atom is -0.479 e. The number of imide groups is 2. The van der Waals surface area contributed by atoms with E-state index in [4.69, 9.17) is 52.1 Å². The summed E-state index contributed by atoms with van der Waals surface area (Å²) in [5.74, 6) is -11.1. The van der Waals surface area contributed by atoms with E-state index < -0.39 is 201 Å². The second kappa shape index (κ2) is 55.1. The molecular weight excluding hydrogens is 1900 g/mol. The summed E-state index contributed by atoms with van der Waals surface area (Å²) in [4.78, 5) is 194. The second-order valence-electron chi connectivity index (χ2n) is 35.3. The van der Waals surface area contributed by atoms with Crippen LogP contribution in [0.15, 0.2) is 90.9 Å². The van der Waals surface area contributed by atoms with Gasteiger partial charge in [0.2, 0.25) is 64.3 Å². The van der Waals surface area contributed by atoms with Crippen LogP contribution in [0.4, 0.5) is 17.1 Å². The third-order valence-electron chi connectivity index (χ3n) is 20.6. The van der Waals surface area contributed by atoms with Crippen LogP contribution in [0.25, 0.3) is 0 Å². The number of sulfonamides is 1. The van der Waals surface area contributed by atoms with Crippen LogP contribution >= 0.6 is 0 Å². The first-order valence-corrected chi connectivity index (χ1v) is 45.9. The number of hydrogen-bond acceptors (Lipinski definition) is 38. The van der Waals surface area contributed by atoms with Crippen molar-refractivity contribution < 1.29 is 199 Å². The number of aliphatic carboxylic acids is 3. The first kappa shape index (κ1) is 117. The Bertz CT molecular complexity index is 5050. The van der Waals surface area contributed by atoms with Gasteiger partial charge in [-0.2, -0.15) is 0 Å². The molecule has 3 saturated heterocycles. The zero-order chi connectivity index (χ0) is 105. The standard InChI is InChI=1S/C32H43N3O15.C29H43N3O13S.C29H37N3O13/c1-32(2,3)31(45)48-17-18-4-5-20(49-30-27(42)25(40)26(41)28(50-30)29(43)44)19(16-18)34-22(37)8-10-33-21(36)9-12-46-14-15-47-13-11-35-23(38)6-7-24(35)39;1-5-46(41,42)31-13-8-6-7-9-20(33)30-14-12-21(34)32-18-15-17(16-43-28(40)29(2,3)4)10-11-19(18)44-27-24(37)22(35)23(36)25(45-27)26(38)39;1-29(2,3)28(42)43-14-15-6-7-17(44-27-24(39)22(37)23(38)25(45-27)26(40)41)16(13-15)31-19(34)10-11-30-18(33)5-4-12-32-20(35)8-9-21(32)36/h4-7,16,25-28,30,40-42H,8-15,17H2,1-3H3,(H,33,36)(H,34,37)(H,43,44);5,10-11,15,22-25,27,31,35-37H,1,6-9,12-14,16H2,2-4H3,(H,30,33)(H,32,34)(H,38,39);6-9,13,22-25,27,37-39H,4-5,10-12,14H2,1-3H3,(H,30,33)(H,31,34)(H,40,41)/t25-,26-,27+,28-,30+;2*22-,23-,24+,25-,27+/m000/s1. The van der Waals surface area contributed by atoms with Crippen LogP contribution in [0, 0.1) is 16.2 Å². The van der Waals surface area contributed by atoms with Gasteiger partial charge in [0, 0.05) is 101 Å². The maximum Gasteiger partial charge on any atom is 0.335 e. The fourth-order valence-electron chi connectivity index (χ4n) is 12.6. The molecule has 3 fully saturated rings. The van der Waals surface area contributed by atoms with E-state index in [0.29, 0.717) is 36.0 Å². The number of rotatable bonds is 48. The number of carbonyl (C=O) groups excluding carboxylic acids is 13. The first-order valence-electron chi connectivity index (χ1n) is 44.3. The molecule has 3 aromatic rings. The van der Waals surface area contributed by atoms with Crippen molar-refractivity contribution in [3.05, 3.63) is 108 Å². The fraction of sp³-hybridized carbons (Fsp3) is 0.556. The van der Waals surface area contributed by atoms with Crippen LogP contribution in [0.2, 0.25) is 0 Å². The quantitative estimate of drug-likeness (QED) is 0.0128. The number of nitrogens with one attached hydrogen (secondary N) is 7. The Morgan fingerprint density at radius 1 is 0.376 bits per heavy atom. The van der Waals surface area contributed by atoms with Crippen LogP contribution in [0.3, 0.4) is 0 Å². The fourth-order valence-corrected chi connectivity index (χ4v) is 13.1. The van der Waals surface area contributed by atoms with Crippen molar-refractivity contribution in [2.45, 2.75) is 238 Å². The van der Waals surface area contributed by atoms with Crippen LogP contribution in [0.5, 0.6) is 17.2 Å². The number of benzene rings is 3. The number of aliphatic hydroxyl groups is 9. The van der Waals surface area contributed by atoms with Gasteiger partial charge >= 0.3 is 35.8 Å². The van der Waals surface area contributed by atoms with E-state index in [1.54, 1.807) is 62.3 Å². The molecule has 15 atom stereocenters. The van der Waals surface area contributed by atoms with E-state index in [1.165, 1.54) is 66.7 Å². The lowest BCUT2D eigenvalue weighted by Gasteiger charge is -2.38. The van der Waals surface area contributed by atoms with Crippen molar-refractivity contribution in [3.63, 3.8) is 0 Å². The topological polar surface area (TPSA) is 742 Å². The molecule has 0 bridgehead atoms. The van der Waals surface area contributed by atoms with Crippen LogP contribution < -0.4 is 50.8 Å². The van der Waals surface area contributed by atoms with Gasteiger partial charge in [0.15, 0.2) is 18.3 Å². The van der Waals surface area contributed by atoms with Gasteiger partial charge in [0.05, 0.1) is 66.3 Å². The molecule has 51 heteroatoms.